The summed E-state index contributed by atoms with van der Waals surface area (Å²) in [5.41, 5.74) is 2.95. The molecule has 2 aromatic rings. The molecule has 2 heterocycles. The number of benzene rings is 2. The van der Waals surface area contributed by atoms with Gasteiger partial charge in [0, 0.05) is 25.6 Å². The van der Waals surface area contributed by atoms with Crippen LogP contribution < -0.4 is 19.7 Å². The Morgan fingerprint density at radius 3 is 2.53 bits per heavy atom. The molecule has 2 aliphatic heterocycles. The Bertz CT molecular complexity index is 968. The standard InChI is InChI=1S/C25H31N3O4/c1-17-4-9-23-22(14-17)28(16-18(2)32-23)25(30)27-12-10-20(11-13-27)24(29)26-15-19-5-7-21(31-3)8-6-19/h4-9,14,18,20H,10-13,15-16H2,1-3H3,(H,26,29)/t18-/m0/s1. The minimum atomic E-state index is -0.0737. The molecule has 2 aliphatic rings. The molecule has 3 amide bonds. The van der Waals surface area contributed by atoms with E-state index in [0.29, 0.717) is 39.0 Å². The number of nitrogens with one attached hydrogen (secondary N) is 1. The highest BCUT2D eigenvalue weighted by molar-refractivity contribution is 5.94. The second kappa shape index (κ2) is 9.51. The molecular formula is C25H31N3O4. The van der Waals surface area contributed by atoms with Crippen molar-refractivity contribution in [2.45, 2.75) is 39.3 Å². The Morgan fingerprint density at radius 1 is 1.12 bits per heavy atom. The average Bonchev–Trinajstić information content (AvgIpc) is 2.82. The van der Waals surface area contributed by atoms with Gasteiger partial charge in [-0.15, -0.1) is 0 Å². The van der Waals surface area contributed by atoms with Crippen molar-refractivity contribution in [1.29, 1.82) is 0 Å². The van der Waals surface area contributed by atoms with Crippen LogP contribution in [-0.2, 0) is 11.3 Å². The van der Waals surface area contributed by atoms with Crippen LogP contribution in [0.15, 0.2) is 42.5 Å². The minimum Gasteiger partial charge on any atom is -0.497 e. The second-order valence-electron chi connectivity index (χ2n) is 8.62. The van der Waals surface area contributed by atoms with Gasteiger partial charge in [-0.25, -0.2) is 4.79 Å². The van der Waals surface area contributed by atoms with Gasteiger partial charge in [0.25, 0.3) is 0 Å². The molecule has 1 fully saturated rings. The predicted molar refractivity (Wildman–Crippen MR) is 123 cm³/mol. The van der Waals surface area contributed by atoms with Gasteiger partial charge in [0.2, 0.25) is 5.91 Å². The molecule has 4 rings (SSSR count). The first-order chi connectivity index (χ1) is 15.4. The molecule has 0 bridgehead atoms. The van der Waals surface area contributed by atoms with E-state index < -0.39 is 0 Å². The lowest BCUT2D eigenvalue weighted by molar-refractivity contribution is -0.126. The van der Waals surface area contributed by atoms with Crippen LogP contribution in [0.3, 0.4) is 0 Å². The highest BCUT2D eigenvalue weighted by Gasteiger charge is 2.33. The van der Waals surface area contributed by atoms with Crippen molar-refractivity contribution in [2.75, 3.05) is 31.6 Å². The summed E-state index contributed by atoms with van der Waals surface area (Å²) in [4.78, 5) is 29.6. The van der Waals surface area contributed by atoms with E-state index >= 15 is 0 Å². The minimum absolute atomic E-state index is 0.0101. The zero-order valence-electron chi connectivity index (χ0n) is 19.0. The van der Waals surface area contributed by atoms with E-state index in [4.69, 9.17) is 9.47 Å². The molecule has 170 valence electrons. The number of piperidine rings is 1. The van der Waals surface area contributed by atoms with Crippen molar-refractivity contribution in [3.8, 4) is 11.5 Å². The molecule has 32 heavy (non-hydrogen) atoms. The number of aryl methyl sites for hydroxylation is 1. The van der Waals surface area contributed by atoms with Crippen molar-refractivity contribution in [2.24, 2.45) is 5.92 Å². The fraction of sp³-hybridized carbons (Fsp3) is 0.440. The summed E-state index contributed by atoms with van der Waals surface area (Å²) in [6.07, 6.45) is 1.28. The first-order valence-corrected chi connectivity index (χ1v) is 11.2. The summed E-state index contributed by atoms with van der Waals surface area (Å²) in [7, 11) is 1.63. The van der Waals surface area contributed by atoms with Crippen LogP contribution in [0.1, 0.15) is 30.9 Å². The molecule has 0 spiro atoms. The van der Waals surface area contributed by atoms with Gasteiger partial charge in [0.05, 0.1) is 19.3 Å². The van der Waals surface area contributed by atoms with Gasteiger partial charge in [0.15, 0.2) is 0 Å². The fourth-order valence-corrected chi connectivity index (χ4v) is 4.31. The summed E-state index contributed by atoms with van der Waals surface area (Å²) >= 11 is 0. The van der Waals surface area contributed by atoms with Crippen molar-refractivity contribution < 1.29 is 19.1 Å². The molecule has 0 aliphatic carbocycles. The summed E-state index contributed by atoms with van der Waals surface area (Å²) < 4.78 is 11.1. The summed E-state index contributed by atoms with van der Waals surface area (Å²) in [6, 6.07) is 13.6. The van der Waals surface area contributed by atoms with Crippen molar-refractivity contribution >= 4 is 17.6 Å². The summed E-state index contributed by atoms with van der Waals surface area (Å²) in [5.74, 6) is 1.52. The number of urea groups is 1. The van der Waals surface area contributed by atoms with E-state index in [-0.39, 0.29) is 24.0 Å². The maximum Gasteiger partial charge on any atom is 0.324 e. The van der Waals surface area contributed by atoms with Crippen molar-refractivity contribution in [1.82, 2.24) is 10.2 Å². The van der Waals surface area contributed by atoms with Crippen LogP contribution in [0.25, 0.3) is 0 Å². The lowest BCUT2D eigenvalue weighted by atomic mass is 9.96. The lowest BCUT2D eigenvalue weighted by Crippen LogP contribution is -2.52. The van der Waals surface area contributed by atoms with Crippen LogP contribution in [0.4, 0.5) is 10.5 Å². The Hall–Kier alpha value is -3.22. The second-order valence-corrected chi connectivity index (χ2v) is 8.62. The number of hydrogen-bond donors (Lipinski definition) is 1. The predicted octanol–water partition coefficient (Wildman–Crippen LogP) is 3.74. The summed E-state index contributed by atoms with van der Waals surface area (Å²) in [5, 5.41) is 3.03. The number of rotatable bonds is 4. The van der Waals surface area contributed by atoms with Crippen LogP contribution in [0.5, 0.6) is 11.5 Å². The molecule has 1 saturated heterocycles. The van der Waals surface area contributed by atoms with E-state index in [1.807, 2.05) is 66.1 Å². The highest BCUT2D eigenvalue weighted by atomic mass is 16.5. The quantitative estimate of drug-likeness (QED) is 0.791. The van der Waals surface area contributed by atoms with Crippen molar-refractivity contribution in [3.05, 3.63) is 53.6 Å². The van der Waals surface area contributed by atoms with Gasteiger partial charge >= 0.3 is 6.03 Å². The van der Waals surface area contributed by atoms with E-state index in [1.165, 1.54) is 0 Å². The van der Waals surface area contributed by atoms with Crippen molar-refractivity contribution in [3.63, 3.8) is 0 Å². The van der Waals surface area contributed by atoms with Gasteiger partial charge in [-0.05, 0) is 62.1 Å². The first kappa shape index (κ1) is 22.0. The number of anilines is 1. The van der Waals surface area contributed by atoms with Gasteiger partial charge in [-0.1, -0.05) is 18.2 Å². The number of fused-ring (bicyclic) bond motifs is 1. The molecule has 0 radical (unpaired) electrons. The molecule has 1 atom stereocenters. The van der Waals surface area contributed by atoms with Crippen LogP contribution in [-0.4, -0.2) is 49.7 Å². The zero-order valence-corrected chi connectivity index (χ0v) is 19.0. The number of carbonyl (C=O) groups excluding carboxylic acids is 2. The number of methoxy groups -OCH3 is 1. The smallest absolute Gasteiger partial charge is 0.324 e. The summed E-state index contributed by atoms with van der Waals surface area (Å²) in [6.45, 7) is 6.15. The van der Waals surface area contributed by atoms with E-state index in [0.717, 1.165) is 28.3 Å². The van der Waals surface area contributed by atoms with Crippen LogP contribution >= 0.6 is 0 Å². The fourth-order valence-electron chi connectivity index (χ4n) is 4.31. The largest absolute Gasteiger partial charge is 0.497 e. The number of amides is 3. The zero-order chi connectivity index (χ0) is 22.7. The Kier molecular flexibility index (Phi) is 6.53. The normalized spacial score (nSPS) is 18.5. The number of nitrogens with zero attached hydrogens (tertiary/aromatic N) is 2. The maximum absolute atomic E-state index is 13.3. The third kappa shape index (κ3) is 4.82. The van der Waals surface area contributed by atoms with Gasteiger partial charge in [0.1, 0.15) is 17.6 Å². The molecular weight excluding hydrogens is 406 g/mol. The number of likely N-dealkylation sites (tertiary alicyclic amines) is 1. The molecule has 0 aromatic heterocycles. The van der Waals surface area contributed by atoms with Gasteiger partial charge < -0.3 is 19.7 Å². The molecule has 7 heteroatoms. The lowest BCUT2D eigenvalue weighted by Gasteiger charge is -2.39. The monoisotopic (exact) mass is 437 g/mol. The maximum atomic E-state index is 13.3. The third-order valence-electron chi connectivity index (χ3n) is 6.17. The Labute approximate surface area is 189 Å². The van der Waals surface area contributed by atoms with Crippen LogP contribution in [0, 0.1) is 12.8 Å². The van der Waals surface area contributed by atoms with E-state index in [2.05, 4.69) is 5.32 Å². The number of ether oxygens (including phenoxy) is 2. The first-order valence-electron chi connectivity index (χ1n) is 11.2. The van der Waals surface area contributed by atoms with E-state index in [1.54, 1.807) is 7.11 Å². The number of hydrogen-bond acceptors (Lipinski definition) is 4. The van der Waals surface area contributed by atoms with Gasteiger partial charge in [-0.2, -0.15) is 0 Å². The topological polar surface area (TPSA) is 71.1 Å². The number of carbonyl (C=O) groups is 2. The highest BCUT2D eigenvalue weighted by Crippen LogP contribution is 2.35. The molecule has 7 nitrogen and oxygen atoms in total. The Balaban J connectivity index is 1.32. The van der Waals surface area contributed by atoms with E-state index in [9.17, 15) is 9.59 Å². The van der Waals surface area contributed by atoms with Gasteiger partial charge in [-0.3, -0.25) is 9.69 Å². The molecule has 0 saturated carbocycles. The Morgan fingerprint density at radius 2 is 1.84 bits per heavy atom. The molecule has 2 aromatic carbocycles. The average molecular weight is 438 g/mol. The molecule has 1 N–H and O–H groups in total. The van der Waals surface area contributed by atoms with Crippen LogP contribution in [0.2, 0.25) is 0 Å². The third-order valence-corrected chi connectivity index (χ3v) is 6.17. The molecule has 0 unspecified atom stereocenters. The SMILES string of the molecule is COc1ccc(CNC(=O)C2CCN(C(=O)N3C[C@H](C)Oc4ccc(C)cc43)CC2)cc1.